The summed E-state index contributed by atoms with van der Waals surface area (Å²) in [5.41, 5.74) is 2.24. The molecule has 2 unspecified atom stereocenters. The van der Waals surface area contributed by atoms with Crippen molar-refractivity contribution in [2.24, 2.45) is 11.8 Å². The van der Waals surface area contributed by atoms with Gasteiger partial charge in [-0.05, 0) is 29.9 Å². The molecule has 1 N–H and O–H groups in total. The largest absolute Gasteiger partial charge is 0.481 e. The highest BCUT2D eigenvalue weighted by atomic mass is 16.4. The molecule has 1 amide bonds. The Kier molecular flexibility index (Phi) is 4.99. The van der Waals surface area contributed by atoms with Crippen LogP contribution >= 0.6 is 0 Å². The van der Waals surface area contributed by atoms with E-state index >= 15 is 0 Å². The summed E-state index contributed by atoms with van der Waals surface area (Å²) < 4.78 is 0. The molecular weight excluding hydrogens is 266 g/mol. The number of aliphatic carboxylic acids is 1. The summed E-state index contributed by atoms with van der Waals surface area (Å²) in [4.78, 5) is 25.4. The Balaban J connectivity index is 2.07. The lowest BCUT2D eigenvalue weighted by Crippen LogP contribution is -2.46. The van der Waals surface area contributed by atoms with E-state index in [0.29, 0.717) is 25.9 Å². The summed E-state index contributed by atoms with van der Waals surface area (Å²) in [7, 11) is 0. The zero-order valence-corrected chi connectivity index (χ0v) is 12.7. The maximum atomic E-state index is 12.5. The van der Waals surface area contributed by atoms with Gasteiger partial charge in [-0.15, -0.1) is 0 Å². The first-order valence-corrected chi connectivity index (χ1v) is 7.58. The number of carbonyl (C=O) groups is 2. The number of piperidine rings is 1. The van der Waals surface area contributed by atoms with Crippen LogP contribution < -0.4 is 0 Å². The van der Waals surface area contributed by atoms with E-state index in [4.69, 9.17) is 0 Å². The van der Waals surface area contributed by atoms with Crippen LogP contribution in [0.25, 0.3) is 0 Å². The van der Waals surface area contributed by atoms with Crippen molar-refractivity contribution >= 4 is 11.9 Å². The van der Waals surface area contributed by atoms with Crippen LogP contribution in [0.5, 0.6) is 0 Å². The third kappa shape index (κ3) is 3.84. The number of likely N-dealkylation sites (tertiary alicyclic amines) is 1. The number of carboxylic acid groups (broad SMARTS) is 1. The average Bonchev–Trinajstić information content (AvgIpc) is 2.47. The zero-order valence-electron chi connectivity index (χ0n) is 12.7. The number of rotatable bonds is 4. The molecule has 4 heteroatoms. The van der Waals surface area contributed by atoms with Crippen molar-refractivity contribution in [3.8, 4) is 0 Å². The second-order valence-electron chi connectivity index (χ2n) is 5.97. The number of nitrogens with zero attached hydrogens (tertiary/aromatic N) is 1. The van der Waals surface area contributed by atoms with Crippen molar-refractivity contribution in [2.75, 3.05) is 13.1 Å². The van der Waals surface area contributed by atoms with Gasteiger partial charge in [0.2, 0.25) is 5.91 Å². The number of benzene rings is 1. The number of aryl methyl sites for hydroxylation is 1. The van der Waals surface area contributed by atoms with Gasteiger partial charge in [0, 0.05) is 13.1 Å². The fourth-order valence-electron chi connectivity index (χ4n) is 3.08. The molecule has 1 saturated heterocycles. The lowest BCUT2D eigenvalue weighted by molar-refractivity contribution is -0.146. The summed E-state index contributed by atoms with van der Waals surface area (Å²) in [5.74, 6) is -0.952. The van der Waals surface area contributed by atoms with Gasteiger partial charge in [0.1, 0.15) is 0 Å². The Morgan fingerprint density at radius 2 is 1.90 bits per heavy atom. The van der Waals surface area contributed by atoms with Crippen LogP contribution in [0.3, 0.4) is 0 Å². The molecule has 0 bridgehead atoms. The minimum absolute atomic E-state index is 0.0358. The second kappa shape index (κ2) is 6.74. The first-order chi connectivity index (χ1) is 10.0. The Morgan fingerprint density at radius 3 is 2.52 bits per heavy atom. The van der Waals surface area contributed by atoms with E-state index in [1.807, 2.05) is 31.2 Å². The second-order valence-corrected chi connectivity index (χ2v) is 5.97. The van der Waals surface area contributed by atoms with Crippen LogP contribution in [0.1, 0.15) is 31.4 Å². The maximum absolute atomic E-state index is 12.5. The molecule has 21 heavy (non-hydrogen) atoms. The van der Waals surface area contributed by atoms with Crippen molar-refractivity contribution in [3.63, 3.8) is 0 Å². The third-order valence-electron chi connectivity index (χ3n) is 4.20. The van der Waals surface area contributed by atoms with Crippen LogP contribution in [0.4, 0.5) is 0 Å². The molecule has 1 fully saturated rings. The molecule has 2 atom stereocenters. The first kappa shape index (κ1) is 15.5. The van der Waals surface area contributed by atoms with Crippen molar-refractivity contribution in [2.45, 2.75) is 33.1 Å². The third-order valence-corrected chi connectivity index (χ3v) is 4.20. The molecule has 1 heterocycles. The molecule has 1 aromatic rings. The van der Waals surface area contributed by atoms with E-state index in [-0.39, 0.29) is 11.8 Å². The topological polar surface area (TPSA) is 57.6 Å². The molecule has 0 aromatic heterocycles. The summed E-state index contributed by atoms with van der Waals surface area (Å²) in [6, 6.07) is 7.96. The molecule has 1 aliphatic rings. The van der Waals surface area contributed by atoms with Gasteiger partial charge in [-0.2, -0.15) is 0 Å². The smallest absolute Gasteiger partial charge is 0.308 e. The van der Waals surface area contributed by atoms with Crippen LogP contribution in [0.2, 0.25) is 0 Å². The highest BCUT2D eigenvalue weighted by Gasteiger charge is 2.31. The monoisotopic (exact) mass is 289 g/mol. The van der Waals surface area contributed by atoms with Crippen molar-refractivity contribution in [1.82, 2.24) is 4.90 Å². The predicted molar refractivity (Wildman–Crippen MR) is 81.0 cm³/mol. The summed E-state index contributed by atoms with van der Waals surface area (Å²) in [6.07, 6.45) is 1.92. The molecule has 1 aliphatic heterocycles. The lowest BCUT2D eigenvalue weighted by Gasteiger charge is -2.34. The van der Waals surface area contributed by atoms with Gasteiger partial charge >= 0.3 is 5.97 Å². The van der Waals surface area contributed by atoms with Gasteiger partial charge in [0.15, 0.2) is 0 Å². The molecule has 0 spiro atoms. The van der Waals surface area contributed by atoms with E-state index in [9.17, 15) is 14.7 Å². The van der Waals surface area contributed by atoms with E-state index in [1.165, 1.54) is 5.56 Å². The van der Waals surface area contributed by atoms with E-state index in [0.717, 1.165) is 12.0 Å². The highest BCUT2D eigenvalue weighted by molar-refractivity contribution is 5.80. The number of amides is 1. The number of carbonyl (C=O) groups excluding carboxylic acids is 1. The van der Waals surface area contributed by atoms with Gasteiger partial charge in [0.05, 0.1) is 12.3 Å². The van der Waals surface area contributed by atoms with E-state index in [1.54, 1.807) is 4.90 Å². The summed E-state index contributed by atoms with van der Waals surface area (Å²) in [6.45, 7) is 5.09. The van der Waals surface area contributed by atoms with Crippen molar-refractivity contribution in [3.05, 3.63) is 35.4 Å². The SMILES string of the molecule is CCc1ccccc1CC(=O)N1CC(C)CC(C(=O)O)C1. The molecular formula is C17H23NO3. The minimum atomic E-state index is -0.798. The Morgan fingerprint density at radius 1 is 1.24 bits per heavy atom. The van der Waals surface area contributed by atoms with E-state index in [2.05, 4.69) is 6.92 Å². The van der Waals surface area contributed by atoms with Gasteiger partial charge in [0.25, 0.3) is 0 Å². The Hall–Kier alpha value is -1.84. The molecule has 0 radical (unpaired) electrons. The zero-order chi connectivity index (χ0) is 15.4. The van der Waals surface area contributed by atoms with Gasteiger partial charge in [-0.3, -0.25) is 9.59 Å². The molecule has 0 saturated carbocycles. The molecule has 0 aliphatic carbocycles. The quantitative estimate of drug-likeness (QED) is 0.925. The van der Waals surface area contributed by atoms with Gasteiger partial charge < -0.3 is 10.0 Å². The number of hydrogen-bond acceptors (Lipinski definition) is 2. The highest BCUT2D eigenvalue weighted by Crippen LogP contribution is 2.23. The van der Waals surface area contributed by atoms with E-state index < -0.39 is 11.9 Å². The Bertz CT molecular complexity index is 527. The summed E-state index contributed by atoms with van der Waals surface area (Å²) in [5, 5.41) is 9.19. The maximum Gasteiger partial charge on any atom is 0.308 e. The normalized spacial score (nSPS) is 22.1. The van der Waals surface area contributed by atoms with Crippen molar-refractivity contribution in [1.29, 1.82) is 0 Å². The predicted octanol–water partition coefficient (Wildman–Crippen LogP) is 2.36. The van der Waals surface area contributed by atoms with Gasteiger partial charge in [-0.1, -0.05) is 38.1 Å². The van der Waals surface area contributed by atoms with Crippen molar-refractivity contribution < 1.29 is 14.7 Å². The first-order valence-electron chi connectivity index (χ1n) is 7.58. The summed E-state index contributed by atoms with van der Waals surface area (Å²) >= 11 is 0. The molecule has 2 rings (SSSR count). The average molecular weight is 289 g/mol. The van der Waals surface area contributed by atoms with Crippen LogP contribution in [-0.4, -0.2) is 35.0 Å². The number of carboxylic acids is 1. The van der Waals surface area contributed by atoms with Crippen LogP contribution in [-0.2, 0) is 22.4 Å². The van der Waals surface area contributed by atoms with Crippen LogP contribution in [0.15, 0.2) is 24.3 Å². The fourth-order valence-corrected chi connectivity index (χ4v) is 3.08. The minimum Gasteiger partial charge on any atom is -0.481 e. The van der Waals surface area contributed by atoms with Gasteiger partial charge in [-0.25, -0.2) is 0 Å². The molecule has 4 nitrogen and oxygen atoms in total. The fraction of sp³-hybridized carbons (Fsp3) is 0.529. The standard InChI is InChI=1S/C17H23NO3/c1-3-13-6-4-5-7-14(13)9-16(19)18-10-12(2)8-15(11-18)17(20)21/h4-7,12,15H,3,8-11H2,1-2H3,(H,20,21). The number of hydrogen-bond donors (Lipinski definition) is 1. The van der Waals surface area contributed by atoms with Crippen LogP contribution in [0, 0.1) is 11.8 Å². The molecule has 114 valence electrons. The Labute approximate surface area is 125 Å². The molecule has 1 aromatic carbocycles. The lowest BCUT2D eigenvalue weighted by atomic mass is 9.90.